The van der Waals surface area contributed by atoms with Gasteiger partial charge in [0.1, 0.15) is 5.82 Å². The molecule has 6 nitrogen and oxygen atoms in total. The lowest BCUT2D eigenvalue weighted by Crippen LogP contribution is -2.33. The molecule has 1 amide bonds. The Morgan fingerprint density at radius 3 is 2.57 bits per heavy atom. The zero-order valence-corrected chi connectivity index (χ0v) is 16.1. The molecule has 0 saturated heterocycles. The summed E-state index contributed by atoms with van der Waals surface area (Å²) in [5.74, 6) is 0.535. The summed E-state index contributed by atoms with van der Waals surface area (Å²) in [5.41, 5.74) is 2.67. The summed E-state index contributed by atoms with van der Waals surface area (Å²) in [4.78, 5) is 33.4. The van der Waals surface area contributed by atoms with Crippen molar-refractivity contribution in [3.63, 3.8) is 0 Å². The number of imidazole rings is 1. The minimum Gasteiger partial charge on any atom is -0.342 e. The number of carbonyl (C=O) groups is 1. The Morgan fingerprint density at radius 2 is 1.82 bits per heavy atom. The summed E-state index contributed by atoms with van der Waals surface area (Å²) in [6, 6.07) is 16.3. The van der Waals surface area contributed by atoms with E-state index in [1.165, 1.54) is 6.07 Å². The molecular weight excluding hydrogens is 352 g/mol. The van der Waals surface area contributed by atoms with Crippen LogP contribution in [0.5, 0.6) is 0 Å². The fourth-order valence-corrected chi connectivity index (χ4v) is 3.49. The maximum absolute atomic E-state index is 13.1. The van der Waals surface area contributed by atoms with Crippen LogP contribution in [0.15, 0.2) is 59.4 Å². The van der Waals surface area contributed by atoms with Gasteiger partial charge in [0.2, 0.25) is 0 Å². The van der Waals surface area contributed by atoms with Crippen molar-refractivity contribution in [3.05, 3.63) is 76.3 Å². The van der Waals surface area contributed by atoms with Crippen LogP contribution in [0.1, 0.15) is 36.1 Å². The third kappa shape index (κ3) is 3.07. The van der Waals surface area contributed by atoms with E-state index >= 15 is 0 Å². The normalized spacial score (nSPS) is 12.6. The summed E-state index contributed by atoms with van der Waals surface area (Å²) in [5, 5.41) is 3.81. The summed E-state index contributed by atoms with van der Waals surface area (Å²) >= 11 is 0. The molecule has 6 heteroatoms. The van der Waals surface area contributed by atoms with E-state index in [1.807, 2.05) is 62.4 Å². The number of fused-ring (bicyclic) bond motifs is 2. The number of benzene rings is 2. The number of aromatic amines is 1. The van der Waals surface area contributed by atoms with Crippen molar-refractivity contribution in [1.82, 2.24) is 19.9 Å². The van der Waals surface area contributed by atoms with Crippen LogP contribution < -0.4 is 10.9 Å². The molecule has 2 heterocycles. The maximum Gasteiger partial charge on any atom is 0.252 e. The first-order valence-electron chi connectivity index (χ1n) is 9.30. The van der Waals surface area contributed by atoms with Gasteiger partial charge in [-0.1, -0.05) is 44.2 Å². The Hall–Kier alpha value is -3.41. The fraction of sp³-hybridized carbons (Fsp3) is 0.227. The van der Waals surface area contributed by atoms with Crippen molar-refractivity contribution in [3.8, 4) is 0 Å². The number of hydrogen-bond donors (Lipinski definition) is 2. The molecule has 0 bridgehead atoms. The van der Waals surface area contributed by atoms with Crippen LogP contribution in [0.4, 0.5) is 0 Å². The average molecular weight is 374 g/mol. The van der Waals surface area contributed by atoms with Crippen molar-refractivity contribution in [2.45, 2.75) is 19.9 Å². The Morgan fingerprint density at radius 1 is 1.11 bits per heavy atom. The number of nitrogens with zero attached hydrogens (tertiary/aromatic N) is 2. The molecule has 2 aromatic heterocycles. The standard InChI is InChI=1S/C22H22N4O2/c1-13(2)20(21-23-16-9-5-6-10-17(16)24-21)25-22(28)15-12-19(27)26(3)18-11-7-4-8-14(15)18/h4-13,20H,1-3H3,(H,23,24)(H,25,28)/t20-/m0/s1. The summed E-state index contributed by atoms with van der Waals surface area (Å²) in [7, 11) is 1.71. The molecule has 0 saturated carbocycles. The van der Waals surface area contributed by atoms with Crippen LogP contribution in [0.2, 0.25) is 0 Å². The van der Waals surface area contributed by atoms with Gasteiger partial charge in [0.25, 0.3) is 11.5 Å². The minimum absolute atomic E-state index is 0.113. The molecule has 0 radical (unpaired) electrons. The lowest BCUT2D eigenvalue weighted by atomic mass is 10.0. The third-order valence-corrected chi connectivity index (χ3v) is 5.05. The lowest BCUT2D eigenvalue weighted by molar-refractivity contribution is 0.0925. The van der Waals surface area contributed by atoms with Crippen LogP contribution >= 0.6 is 0 Å². The Labute approximate surface area is 162 Å². The van der Waals surface area contributed by atoms with Gasteiger partial charge in [-0.3, -0.25) is 9.59 Å². The number of para-hydroxylation sites is 3. The van der Waals surface area contributed by atoms with Gasteiger partial charge in [0.05, 0.1) is 28.2 Å². The molecule has 2 aromatic carbocycles. The van der Waals surface area contributed by atoms with Crippen molar-refractivity contribution < 1.29 is 4.79 Å². The van der Waals surface area contributed by atoms with Crippen LogP contribution in [0.25, 0.3) is 21.9 Å². The molecule has 28 heavy (non-hydrogen) atoms. The molecule has 4 rings (SSSR count). The minimum atomic E-state index is -0.303. The van der Waals surface area contributed by atoms with Crippen molar-refractivity contribution in [1.29, 1.82) is 0 Å². The molecule has 1 atom stereocenters. The molecule has 4 aromatic rings. The highest BCUT2D eigenvalue weighted by Gasteiger charge is 2.24. The zero-order valence-electron chi connectivity index (χ0n) is 16.1. The van der Waals surface area contributed by atoms with Crippen molar-refractivity contribution in [2.75, 3.05) is 0 Å². The molecule has 0 aliphatic heterocycles. The van der Waals surface area contributed by atoms with E-state index in [0.29, 0.717) is 11.4 Å². The van der Waals surface area contributed by atoms with Crippen LogP contribution in [-0.4, -0.2) is 20.4 Å². The summed E-state index contributed by atoms with van der Waals surface area (Å²) in [6.07, 6.45) is 0. The van der Waals surface area contributed by atoms with Gasteiger partial charge in [0, 0.05) is 18.5 Å². The van der Waals surface area contributed by atoms with E-state index in [4.69, 9.17) is 0 Å². The molecule has 0 spiro atoms. The Bertz CT molecular complexity index is 1200. The number of pyridine rings is 1. The van der Waals surface area contributed by atoms with Crippen LogP contribution in [0.3, 0.4) is 0 Å². The first kappa shape index (κ1) is 18.0. The monoisotopic (exact) mass is 374 g/mol. The molecule has 0 unspecified atom stereocenters. The van der Waals surface area contributed by atoms with Gasteiger partial charge in [-0.15, -0.1) is 0 Å². The molecule has 0 fully saturated rings. The summed E-state index contributed by atoms with van der Waals surface area (Å²) < 4.78 is 1.55. The smallest absolute Gasteiger partial charge is 0.252 e. The lowest BCUT2D eigenvalue weighted by Gasteiger charge is -2.21. The Balaban J connectivity index is 1.74. The van der Waals surface area contributed by atoms with E-state index < -0.39 is 0 Å². The first-order chi connectivity index (χ1) is 13.5. The van der Waals surface area contributed by atoms with E-state index in [1.54, 1.807) is 11.6 Å². The van der Waals surface area contributed by atoms with Gasteiger partial charge in [0.15, 0.2) is 0 Å². The van der Waals surface area contributed by atoms with E-state index in [0.717, 1.165) is 21.9 Å². The SMILES string of the molecule is CC(C)[C@H](NC(=O)c1cc(=O)n(C)c2ccccc12)c1nc2ccccc2[nH]1. The zero-order chi connectivity index (χ0) is 19.8. The first-order valence-corrected chi connectivity index (χ1v) is 9.30. The average Bonchev–Trinajstić information content (AvgIpc) is 3.12. The highest BCUT2D eigenvalue weighted by molar-refractivity contribution is 6.06. The summed E-state index contributed by atoms with van der Waals surface area (Å²) in [6.45, 7) is 4.06. The fourth-order valence-electron chi connectivity index (χ4n) is 3.49. The topological polar surface area (TPSA) is 79.8 Å². The Kier molecular flexibility index (Phi) is 4.47. The van der Waals surface area contributed by atoms with Gasteiger partial charge in [-0.25, -0.2) is 4.98 Å². The molecule has 0 aliphatic rings. The van der Waals surface area contributed by atoms with Gasteiger partial charge in [-0.2, -0.15) is 0 Å². The number of amides is 1. The quantitative estimate of drug-likeness (QED) is 0.573. The van der Waals surface area contributed by atoms with Gasteiger partial charge < -0.3 is 14.9 Å². The number of hydrogen-bond acceptors (Lipinski definition) is 3. The predicted molar refractivity (Wildman–Crippen MR) is 110 cm³/mol. The number of nitrogens with one attached hydrogen (secondary N) is 2. The van der Waals surface area contributed by atoms with Crippen molar-refractivity contribution in [2.24, 2.45) is 13.0 Å². The number of aryl methyl sites for hydroxylation is 1. The van der Waals surface area contributed by atoms with E-state index in [-0.39, 0.29) is 23.4 Å². The third-order valence-electron chi connectivity index (χ3n) is 5.05. The second-order valence-corrected chi connectivity index (χ2v) is 7.31. The number of aromatic nitrogens is 3. The highest BCUT2D eigenvalue weighted by atomic mass is 16.2. The van der Waals surface area contributed by atoms with E-state index in [2.05, 4.69) is 15.3 Å². The molecule has 0 aliphatic carbocycles. The van der Waals surface area contributed by atoms with Gasteiger partial charge >= 0.3 is 0 Å². The number of H-pyrrole nitrogens is 1. The van der Waals surface area contributed by atoms with Crippen molar-refractivity contribution >= 4 is 27.8 Å². The second kappa shape index (κ2) is 6.96. The second-order valence-electron chi connectivity index (χ2n) is 7.31. The number of rotatable bonds is 4. The van der Waals surface area contributed by atoms with Crippen LogP contribution in [0, 0.1) is 5.92 Å². The molecular formula is C22H22N4O2. The van der Waals surface area contributed by atoms with E-state index in [9.17, 15) is 9.59 Å². The largest absolute Gasteiger partial charge is 0.342 e. The predicted octanol–water partition coefficient (Wildman–Crippen LogP) is 3.54. The molecule has 142 valence electrons. The molecule has 2 N–H and O–H groups in total. The maximum atomic E-state index is 13.1. The van der Waals surface area contributed by atoms with Gasteiger partial charge in [-0.05, 0) is 24.1 Å². The highest BCUT2D eigenvalue weighted by Crippen LogP contribution is 2.24. The van der Waals surface area contributed by atoms with Crippen LogP contribution in [-0.2, 0) is 7.05 Å². The number of carbonyl (C=O) groups excluding carboxylic acids is 1.